The third kappa shape index (κ3) is 6.74. The molecule has 262 valence electrons. The zero-order valence-electron chi connectivity index (χ0n) is 30.2. The Labute approximate surface area is 318 Å². The van der Waals surface area contributed by atoms with Crippen LogP contribution in [0, 0.1) is 11.3 Å². The predicted molar refractivity (Wildman–Crippen MR) is 234 cm³/mol. The van der Waals surface area contributed by atoms with Gasteiger partial charge in [0.2, 0.25) is 0 Å². The van der Waals surface area contributed by atoms with Gasteiger partial charge in [0.05, 0.1) is 11.6 Å². The number of fused-ring (bicyclic) bond motifs is 2. The molecule has 0 bridgehead atoms. The van der Waals surface area contributed by atoms with Crippen molar-refractivity contribution >= 4 is 63.5 Å². The molecule has 6 aromatic carbocycles. The van der Waals surface area contributed by atoms with Crippen molar-refractivity contribution in [3.63, 3.8) is 0 Å². The highest BCUT2D eigenvalue weighted by molar-refractivity contribution is 7.93. The Balaban J connectivity index is 1.09. The SMILES string of the molecule is C=P(c1ccccc1)(c1ccc(N)cc1)c1ccc(N/C=C2/C=CC=Cc3ccc(-c4ccc5c(c4)C(C)C=CCN5c4ccc(C#N)cc4)cc32)cc1. The summed E-state index contributed by atoms with van der Waals surface area (Å²) in [7, 11) is 0. The first-order chi connectivity index (χ1) is 26.4. The van der Waals surface area contributed by atoms with Gasteiger partial charge in [0, 0.05) is 41.4 Å². The highest BCUT2D eigenvalue weighted by atomic mass is 31.2. The van der Waals surface area contributed by atoms with Crippen molar-refractivity contribution in [2.45, 2.75) is 12.8 Å². The Morgan fingerprint density at radius 1 is 0.778 bits per heavy atom. The van der Waals surface area contributed by atoms with E-state index in [1.165, 1.54) is 49.4 Å². The number of nitrogens with one attached hydrogen (secondary N) is 1. The molecule has 5 heteroatoms. The van der Waals surface area contributed by atoms with Gasteiger partial charge in [-0.1, -0.05) is 122 Å². The van der Waals surface area contributed by atoms with Crippen molar-refractivity contribution < 1.29 is 0 Å². The van der Waals surface area contributed by atoms with Crippen molar-refractivity contribution in [2.75, 3.05) is 22.5 Å². The number of nitrogens with two attached hydrogens (primary N) is 1. The van der Waals surface area contributed by atoms with Gasteiger partial charge in [-0.2, -0.15) is 5.26 Å². The van der Waals surface area contributed by atoms with Crippen LogP contribution < -0.4 is 31.9 Å². The molecule has 6 aromatic rings. The summed E-state index contributed by atoms with van der Waals surface area (Å²) in [5.41, 5.74) is 17.8. The number of anilines is 4. The Morgan fingerprint density at radius 3 is 2.19 bits per heavy atom. The van der Waals surface area contributed by atoms with Crippen LogP contribution in [0.25, 0.3) is 22.8 Å². The molecule has 0 aromatic heterocycles. The molecule has 1 aliphatic carbocycles. The summed E-state index contributed by atoms with van der Waals surface area (Å²) in [6.07, 6.45) is 20.0. The molecule has 8 rings (SSSR count). The highest BCUT2D eigenvalue weighted by Gasteiger charge is 2.23. The molecule has 0 saturated carbocycles. The van der Waals surface area contributed by atoms with Crippen LogP contribution in [-0.4, -0.2) is 12.8 Å². The van der Waals surface area contributed by atoms with Crippen LogP contribution >= 0.6 is 6.89 Å². The number of rotatable bonds is 7. The van der Waals surface area contributed by atoms with E-state index >= 15 is 0 Å². The van der Waals surface area contributed by atoms with Gasteiger partial charge in [-0.05, 0) is 123 Å². The minimum absolute atomic E-state index is 0.260. The molecule has 0 fully saturated rings. The first-order valence-corrected chi connectivity index (χ1v) is 20.2. The van der Waals surface area contributed by atoms with E-state index in [4.69, 9.17) is 12.0 Å². The minimum Gasteiger partial charge on any atom is -0.399 e. The summed E-state index contributed by atoms with van der Waals surface area (Å²) in [4.78, 5) is 2.32. The van der Waals surface area contributed by atoms with E-state index in [2.05, 4.69) is 169 Å². The number of nitriles is 1. The fraction of sp³-hybridized carbons (Fsp3) is 0.0612. The molecule has 0 spiro atoms. The van der Waals surface area contributed by atoms with Crippen molar-refractivity contribution in [3.8, 4) is 17.2 Å². The van der Waals surface area contributed by atoms with E-state index < -0.39 is 6.89 Å². The molecule has 2 atom stereocenters. The molecule has 4 nitrogen and oxygen atoms in total. The Kier molecular flexibility index (Phi) is 9.49. The van der Waals surface area contributed by atoms with E-state index in [1.54, 1.807) is 0 Å². The van der Waals surface area contributed by atoms with Gasteiger partial charge in [-0.25, -0.2) is 0 Å². The van der Waals surface area contributed by atoms with Crippen molar-refractivity contribution in [1.82, 2.24) is 0 Å². The molecule has 54 heavy (non-hydrogen) atoms. The van der Waals surface area contributed by atoms with E-state index in [-0.39, 0.29) is 5.92 Å². The van der Waals surface area contributed by atoms with Gasteiger partial charge in [0.15, 0.2) is 0 Å². The van der Waals surface area contributed by atoms with E-state index in [9.17, 15) is 5.26 Å². The number of hydrogen-bond acceptors (Lipinski definition) is 4. The first-order valence-electron chi connectivity index (χ1n) is 18.2. The van der Waals surface area contributed by atoms with Crippen molar-refractivity contribution in [3.05, 3.63) is 198 Å². The standard InChI is InChI=1S/C49H41N4P/c1-35-9-8-30-53(43-23-14-36(33-50)15-24-43)49-29-18-39(31-47(35)49)38-17-16-37-10-6-7-11-40(48(37)32-38)34-52-42-21-27-46(28-22-42)54(2,44-12-4-3-5-13-44)45-25-19-41(51)20-26-45/h3-29,31-32,34-35,52H,2,30,51H2,1H3/b40-34-. The summed E-state index contributed by atoms with van der Waals surface area (Å²) >= 11 is 0. The van der Waals surface area contributed by atoms with Gasteiger partial charge in [0.25, 0.3) is 0 Å². The predicted octanol–water partition coefficient (Wildman–Crippen LogP) is 10.4. The van der Waals surface area contributed by atoms with E-state index in [0.717, 1.165) is 29.2 Å². The van der Waals surface area contributed by atoms with Crippen molar-refractivity contribution in [2.24, 2.45) is 0 Å². The number of benzene rings is 6. The lowest BCUT2D eigenvalue weighted by Crippen LogP contribution is -2.25. The molecule has 1 aliphatic heterocycles. The van der Waals surface area contributed by atoms with E-state index in [1.807, 2.05) is 36.4 Å². The lowest BCUT2D eigenvalue weighted by molar-refractivity contribution is 0.971. The van der Waals surface area contributed by atoms with Crippen LogP contribution in [0.2, 0.25) is 0 Å². The molecule has 3 N–H and O–H groups in total. The number of nitrogens with zero attached hydrogens (tertiary/aromatic N) is 2. The molecule has 2 aliphatic rings. The average molecular weight is 717 g/mol. The Morgan fingerprint density at radius 2 is 1.44 bits per heavy atom. The number of allylic oxidation sites excluding steroid dienone is 5. The molecule has 0 amide bonds. The van der Waals surface area contributed by atoms with Crippen LogP contribution in [0.3, 0.4) is 0 Å². The van der Waals surface area contributed by atoms with Crippen LogP contribution in [0.15, 0.2) is 176 Å². The smallest absolute Gasteiger partial charge is 0.0991 e. The second-order valence-electron chi connectivity index (χ2n) is 13.8. The van der Waals surface area contributed by atoms with E-state index in [0.29, 0.717) is 5.56 Å². The third-order valence-corrected chi connectivity index (χ3v) is 14.0. The zero-order valence-corrected chi connectivity index (χ0v) is 31.1. The van der Waals surface area contributed by atoms with Crippen LogP contribution in [-0.2, 0) is 0 Å². The molecule has 0 radical (unpaired) electrons. The summed E-state index contributed by atoms with van der Waals surface area (Å²) in [5, 5.41) is 16.5. The monoisotopic (exact) mass is 716 g/mol. The van der Waals surface area contributed by atoms with Crippen LogP contribution in [0.5, 0.6) is 0 Å². The lowest BCUT2D eigenvalue weighted by atomic mass is 9.91. The summed E-state index contributed by atoms with van der Waals surface area (Å²) in [5.74, 6) is 0.260. The molecule has 0 saturated heterocycles. The fourth-order valence-electron chi connectivity index (χ4n) is 7.37. The molecule has 2 unspecified atom stereocenters. The maximum absolute atomic E-state index is 9.32. The quantitative estimate of drug-likeness (QED) is 0.0981. The van der Waals surface area contributed by atoms with Gasteiger partial charge in [-0.3, -0.25) is 0 Å². The van der Waals surface area contributed by atoms with Gasteiger partial charge < -0.3 is 16.0 Å². The maximum atomic E-state index is 9.32. The van der Waals surface area contributed by atoms with Crippen LogP contribution in [0.4, 0.5) is 22.7 Å². The first kappa shape index (κ1) is 34.6. The summed E-state index contributed by atoms with van der Waals surface area (Å²) in [6, 6.07) is 51.1. The van der Waals surface area contributed by atoms with Crippen molar-refractivity contribution in [1.29, 1.82) is 5.26 Å². The maximum Gasteiger partial charge on any atom is 0.0991 e. The lowest BCUT2D eigenvalue weighted by Gasteiger charge is -2.27. The Hall–Kier alpha value is -6.53. The topological polar surface area (TPSA) is 65.1 Å². The van der Waals surface area contributed by atoms with Gasteiger partial charge in [0.1, 0.15) is 0 Å². The largest absolute Gasteiger partial charge is 0.399 e. The highest BCUT2D eigenvalue weighted by Crippen LogP contribution is 2.43. The number of nitrogen functional groups attached to an aromatic ring is 1. The normalized spacial score (nSPS) is 16.4. The van der Waals surface area contributed by atoms with Gasteiger partial charge in [-0.15, -0.1) is 0 Å². The average Bonchev–Trinajstić information content (AvgIpc) is 3.53. The zero-order chi connectivity index (χ0) is 37.1. The fourth-order valence-corrected chi connectivity index (χ4v) is 10.3. The Bertz CT molecular complexity index is 2540. The summed E-state index contributed by atoms with van der Waals surface area (Å²) in [6.45, 7) is 0.913. The van der Waals surface area contributed by atoms with Gasteiger partial charge >= 0.3 is 0 Å². The molecule has 1 heterocycles. The molecular weight excluding hydrogens is 676 g/mol. The second kappa shape index (κ2) is 14.8. The number of hydrogen-bond donors (Lipinski definition) is 2. The minimum atomic E-state index is -2.12. The second-order valence-corrected chi connectivity index (χ2v) is 17.0. The molecular formula is C49H41N4P. The van der Waals surface area contributed by atoms with Crippen LogP contribution in [0.1, 0.15) is 35.1 Å². The third-order valence-electron chi connectivity index (χ3n) is 10.4. The summed E-state index contributed by atoms with van der Waals surface area (Å²) < 4.78 is 0.